The summed E-state index contributed by atoms with van der Waals surface area (Å²) in [5.41, 5.74) is 18.5. The molecule has 2 heteroatoms. The maximum atomic E-state index is 2.48. The summed E-state index contributed by atoms with van der Waals surface area (Å²) >= 11 is 0. The molecule has 1 heterocycles. The van der Waals surface area contributed by atoms with Gasteiger partial charge < -0.3 is 9.47 Å². The fourth-order valence-electron chi connectivity index (χ4n) is 9.06. The van der Waals surface area contributed by atoms with Gasteiger partial charge in [0.05, 0.1) is 16.7 Å². The van der Waals surface area contributed by atoms with Gasteiger partial charge in [0.1, 0.15) is 0 Å². The van der Waals surface area contributed by atoms with Crippen molar-refractivity contribution >= 4 is 38.9 Å². The van der Waals surface area contributed by atoms with E-state index < -0.39 is 0 Å². The summed E-state index contributed by atoms with van der Waals surface area (Å²) in [5, 5.41) is 2.40. The first-order valence-electron chi connectivity index (χ1n) is 21.3. The fourth-order valence-corrected chi connectivity index (χ4v) is 9.06. The summed E-state index contributed by atoms with van der Waals surface area (Å²) < 4.78 is 2.40. The van der Waals surface area contributed by atoms with E-state index in [0.29, 0.717) is 0 Å². The Hall–Kier alpha value is -8.20. The highest BCUT2D eigenvalue weighted by atomic mass is 15.1. The monoisotopic (exact) mass is 790 g/mol. The van der Waals surface area contributed by atoms with Crippen molar-refractivity contribution in [3.63, 3.8) is 0 Å². The van der Waals surface area contributed by atoms with Crippen molar-refractivity contribution in [3.8, 4) is 61.3 Å². The number of hydrogen-bond donors (Lipinski definition) is 0. The quantitative estimate of drug-likeness (QED) is 0.141. The van der Waals surface area contributed by atoms with Crippen molar-refractivity contribution in [2.24, 2.45) is 0 Å². The molecule has 0 unspecified atom stereocenters. The van der Waals surface area contributed by atoms with Crippen LogP contribution in [0, 0.1) is 0 Å². The van der Waals surface area contributed by atoms with Crippen molar-refractivity contribution in [2.75, 3.05) is 4.90 Å². The second kappa shape index (κ2) is 16.1. The van der Waals surface area contributed by atoms with Crippen LogP contribution in [0.15, 0.2) is 255 Å². The smallest absolute Gasteiger partial charge is 0.0562 e. The van der Waals surface area contributed by atoms with Gasteiger partial charge >= 0.3 is 0 Å². The second-order valence-corrected chi connectivity index (χ2v) is 15.7. The molecule has 0 radical (unpaired) electrons. The van der Waals surface area contributed by atoms with E-state index >= 15 is 0 Å². The molecule has 0 amide bonds. The Balaban J connectivity index is 1.19. The van der Waals surface area contributed by atoms with Gasteiger partial charge in [0.15, 0.2) is 0 Å². The molecule has 11 rings (SSSR count). The standard InChI is InChI=1S/C60H42N2/c1-6-19-43(20-7-1)46-33-35-48(36-34-46)54-38-37-52(42-56(54)47-25-12-4-13-26-47)61(53-40-49(44-21-8-2-9-22-44)39-50(41-53)45-23-10-3-11-24-45)58-31-18-32-59-60(58)55-29-16-17-30-57(55)62(59)51-27-14-5-15-28-51/h1-42H. The topological polar surface area (TPSA) is 8.17 Å². The van der Waals surface area contributed by atoms with Gasteiger partial charge in [-0.2, -0.15) is 0 Å². The maximum absolute atomic E-state index is 2.48. The Labute approximate surface area is 362 Å². The van der Waals surface area contributed by atoms with Crippen LogP contribution in [0.2, 0.25) is 0 Å². The summed E-state index contributed by atoms with van der Waals surface area (Å²) in [4.78, 5) is 2.48. The molecule has 0 atom stereocenters. The lowest BCUT2D eigenvalue weighted by molar-refractivity contribution is 1.18. The van der Waals surface area contributed by atoms with E-state index in [4.69, 9.17) is 0 Å². The molecular formula is C60H42N2. The number of nitrogens with zero attached hydrogens (tertiary/aromatic N) is 2. The number of benzene rings is 10. The number of para-hydroxylation sites is 2. The molecule has 11 aromatic rings. The van der Waals surface area contributed by atoms with Gasteiger partial charge in [0, 0.05) is 27.8 Å². The lowest BCUT2D eigenvalue weighted by atomic mass is 9.92. The summed E-state index contributed by atoms with van der Waals surface area (Å²) in [5.74, 6) is 0. The van der Waals surface area contributed by atoms with Gasteiger partial charge in [-0.05, 0) is 116 Å². The fraction of sp³-hybridized carbons (Fsp3) is 0. The number of rotatable bonds is 9. The Morgan fingerprint density at radius 3 is 1.35 bits per heavy atom. The minimum Gasteiger partial charge on any atom is -0.310 e. The van der Waals surface area contributed by atoms with E-state index in [0.717, 1.165) is 39.4 Å². The molecule has 0 saturated heterocycles. The first-order chi connectivity index (χ1) is 30.8. The average Bonchev–Trinajstić information content (AvgIpc) is 3.70. The average molecular weight is 791 g/mol. The first kappa shape index (κ1) is 36.8. The molecule has 2 nitrogen and oxygen atoms in total. The third-order valence-electron chi connectivity index (χ3n) is 12.0. The lowest BCUT2D eigenvalue weighted by Crippen LogP contribution is -2.11. The van der Waals surface area contributed by atoms with Gasteiger partial charge in [-0.3, -0.25) is 0 Å². The van der Waals surface area contributed by atoms with E-state index in [1.807, 2.05) is 0 Å². The molecule has 0 fully saturated rings. The highest BCUT2D eigenvalue weighted by Gasteiger charge is 2.23. The van der Waals surface area contributed by atoms with Crippen molar-refractivity contribution in [3.05, 3.63) is 255 Å². The van der Waals surface area contributed by atoms with Crippen molar-refractivity contribution in [2.45, 2.75) is 0 Å². The van der Waals surface area contributed by atoms with E-state index in [2.05, 4.69) is 264 Å². The molecule has 0 aliphatic heterocycles. The number of hydrogen-bond acceptors (Lipinski definition) is 1. The lowest BCUT2D eigenvalue weighted by Gasteiger charge is -2.29. The van der Waals surface area contributed by atoms with Gasteiger partial charge in [-0.25, -0.2) is 0 Å². The molecule has 0 spiro atoms. The van der Waals surface area contributed by atoms with Crippen molar-refractivity contribution < 1.29 is 0 Å². The Bertz CT molecular complexity index is 3240. The van der Waals surface area contributed by atoms with Crippen LogP contribution >= 0.6 is 0 Å². The van der Waals surface area contributed by atoms with Crippen LogP contribution < -0.4 is 4.90 Å². The molecule has 10 aromatic carbocycles. The molecule has 0 aliphatic rings. The van der Waals surface area contributed by atoms with Crippen LogP contribution in [0.1, 0.15) is 0 Å². The Kier molecular flexibility index (Phi) is 9.57. The summed E-state index contributed by atoms with van der Waals surface area (Å²) in [7, 11) is 0. The number of fused-ring (bicyclic) bond motifs is 3. The zero-order chi connectivity index (χ0) is 41.2. The minimum atomic E-state index is 1.07. The molecule has 0 saturated carbocycles. The third-order valence-corrected chi connectivity index (χ3v) is 12.0. The molecule has 0 aliphatic carbocycles. The third kappa shape index (κ3) is 6.84. The second-order valence-electron chi connectivity index (χ2n) is 15.7. The number of anilines is 3. The zero-order valence-electron chi connectivity index (χ0n) is 34.1. The van der Waals surface area contributed by atoms with Crippen LogP contribution in [0.25, 0.3) is 83.1 Å². The van der Waals surface area contributed by atoms with Gasteiger partial charge in [0.25, 0.3) is 0 Å². The van der Waals surface area contributed by atoms with Crippen LogP contribution in [-0.4, -0.2) is 4.57 Å². The summed E-state index contributed by atoms with van der Waals surface area (Å²) in [6.07, 6.45) is 0. The molecule has 292 valence electrons. The van der Waals surface area contributed by atoms with Crippen molar-refractivity contribution in [1.82, 2.24) is 4.57 Å². The molecule has 0 N–H and O–H groups in total. The molecule has 0 bridgehead atoms. The van der Waals surface area contributed by atoms with Gasteiger partial charge in [0.2, 0.25) is 0 Å². The van der Waals surface area contributed by atoms with Gasteiger partial charge in [-0.15, -0.1) is 0 Å². The first-order valence-corrected chi connectivity index (χ1v) is 21.3. The summed E-state index contributed by atoms with van der Waals surface area (Å²) in [6.45, 7) is 0. The predicted octanol–water partition coefficient (Wildman–Crippen LogP) is 16.6. The SMILES string of the molecule is c1ccc(-c2ccc(-c3ccc(N(c4cc(-c5ccccc5)cc(-c5ccccc5)c4)c4cccc5c4c4ccccc4n5-c4ccccc4)cc3-c3ccccc3)cc2)cc1. The van der Waals surface area contributed by atoms with E-state index in [9.17, 15) is 0 Å². The Morgan fingerprint density at radius 1 is 0.274 bits per heavy atom. The molecule has 1 aromatic heterocycles. The Morgan fingerprint density at radius 2 is 0.742 bits per heavy atom. The van der Waals surface area contributed by atoms with Crippen LogP contribution in [0.5, 0.6) is 0 Å². The largest absolute Gasteiger partial charge is 0.310 e. The minimum absolute atomic E-state index is 1.07. The molecule has 62 heavy (non-hydrogen) atoms. The van der Waals surface area contributed by atoms with Crippen LogP contribution in [0.4, 0.5) is 17.1 Å². The highest BCUT2D eigenvalue weighted by Crippen LogP contribution is 2.47. The van der Waals surface area contributed by atoms with Crippen molar-refractivity contribution in [1.29, 1.82) is 0 Å². The van der Waals surface area contributed by atoms with E-state index in [1.165, 1.54) is 60.8 Å². The maximum Gasteiger partial charge on any atom is 0.0562 e. The van der Waals surface area contributed by atoms with Crippen LogP contribution in [0.3, 0.4) is 0 Å². The van der Waals surface area contributed by atoms with E-state index in [-0.39, 0.29) is 0 Å². The summed E-state index contributed by atoms with van der Waals surface area (Å²) in [6, 6.07) is 92.2. The molecular weight excluding hydrogens is 749 g/mol. The predicted molar refractivity (Wildman–Crippen MR) is 263 cm³/mol. The zero-order valence-corrected chi connectivity index (χ0v) is 34.1. The van der Waals surface area contributed by atoms with Crippen LogP contribution in [-0.2, 0) is 0 Å². The number of aromatic nitrogens is 1. The normalized spacial score (nSPS) is 11.2. The van der Waals surface area contributed by atoms with Gasteiger partial charge in [-0.1, -0.05) is 194 Å². The van der Waals surface area contributed by atoms with E-state index in [1.54, 1.807) is 0 Å². The highest BCUT2D eigenvalue weighted by molar-refractivity contribution is 6.16.